The van der Waals surface area contributed by atoms with Crippen LogP contribution in [0, 0.1) is 0 Å². The maximum Gasteiger partial charge on any atom is 0.248 e. The van der Waals surface area contributed by atoms with Crippen LogP contribution in [0.3, 0.4) is 0 Å². The second-order valence-corrected chi connectivity index (χ2v) is 4.92. The number of aromatic nitrogens is 1. The Balaban J connectivity index is 2.55. The third-order valence-corrected chi connectivity index (χ3v) is 3.32. The Kier molecular flexibility index (Phi) is 4.56. The Labute approximate surface area is 119 Å². The minimum absolute atomic E-state index is 0.403. The molecule has 0 aliphatic rings. The van der Waals surface area contributed by atoms with Gasteiger partial charge >= 0.3 is 0 Å². The number of carbonyl (C=O) groups excluding carboxylic acids is 1. The number of benzene rings is 1. The molecule has 0 aliphatic carbocycles. The van der Waals surface area contributed by atoms with Crippen LogP contribution in [0.5, 0.6) is 0 Å². The minimum atomic E-state index is -0.403. The fourth-order valence-corrected chi connectivity index (χ4v) is 2.42. The Morgan fingerprint density at radius 3 is 2.50 bits per heavy atom. The Morgan fingerprint density at radius 1 is 1.20 bits per heavy atom. The summed E-state index contributed by atoms with van der Waals surface area (Å²) >= 11 is 0. The SMILES string of the molecule is CCCN(CCC)c1nccc2ccc(C(N)=O)cc12. The average molecular weight is 271 g/mol. The van der Waals surface area contributed by atoms with Gasteiger partial charge in [0.15, 0.2) is 0 Å². The fourth-order valence-electron chi connectivity index (χ4n) is 2.42. The molecule has 106 valence electrons. The van der Waals surface area contributed by atoms with Crippen molar-refractivity contribution in [2.75, 3.05) is 18.0 Å². The molecule has 1 aromatic carbocycles. The highest BCUT2D eigenvalue weighted by molar-refractivity contribution is 6.00. The van der Waals surface area contributed by atoms with Gasteiger partial charge < -0.3 is 10.6 Å². The fraction of sp³-hybridized carbons (Fsp3) is 0.375. The van der Waals surface area contributed by atoms with E-state index in [1.54, 1.807) is 6.07 Å². The molecule has 0 atom stereocenters. The summed E-state index contributed by atoms with van der Waals surface area (Å²) in [6.45, 7) is 6.23. The van der Waals surface area contributed by atoms with E-state index in [9.17, 15) is 4.79 Å². The van der Waals surface area contributed by atoms with Crippen LogP contribution in [0.4, 0.5) is 5.82 Å². The molecule has 1 aromatic heterocycles. The van der Waals surface area contributed by atoms with Gasteiger partial charge in [-0.25, -0.2) is 4.98 Å². The van der Waals surface area contributed by atoms with E-state index in [1.165, 1.54) is 0 Å². The van der Waals surface area contributed by atoms with Crippen LogP contribution in [0.1, 0.15) is 37.0 Å². The number of pyridine rings is 1. The lowest BCUT2D eigenvalue weighted by Gasteiger charge is -2.24. The largest absolute Gasteiger partial charge is 0.366 e. The summed E-state index contributed by atoms with van der Waals surface area (Å²) in [5.74, 6) is 0.536. The van der Waals surface area contributed by atoms with E-state index < -0.39 is 5.91 Å². The van der Waals surface area contributed by atoms with E-state index in [4.69, 9.17) is 5.73 Å². The van der Waals surface area contributed by atoms with Crippen LogP contribution in [0.2, 0.25) is 0 Å². The lowest BCUT2D eigenvalue weighted by Crippen LogP contribution is -2.26. The first kappa shape index (κ1) is 14.3. The summed E-state index contributed by atoms with van der Waals surface area (Å²) in [5, 5.41) is 2.07. The van der Waals surface area contributed by atoms with E-state index in [0.717, 1.165) is 42.5 Å². The molecule has 2 aromatic rings. The van der Waals surface area contributed by atoms with Gasteiger partial charge in [-0.3, -0.25) is 4.79 Å². The third kappa shape index (κ3) is 2.90. The van der Waals surface area contributed by atoms with E-state index in [-0.39, 0.29) is 0 Å². The molecule has 0 saturated carbocycles. The first-order valence-corrected chi connectivity index (χ1v) is 7.10. The monoisotopic (exact) mass is 271 g/mol. The predicted octanol–water partition coefficient (Wildman–Crippen LogP) is 2.96. The first-order valence-electron chi connectivity index (χ1n) is 7.10. The molecule has 1 heterocycles. The van der Waals surface area contributed by atoms with Crippen LogP contribution in [-0.4, -0.2) is 24.0 Å². The number of hydrogen-bond acceptors (Lipinski definition) is 3. The number of nitrogens with two attached hydrogens (primary N) is 1. The molecular weight excluding hydrogens is 250 g/mol. The highest BCUT2D eigenvalue weighted by atomic mass is 16.1. The van der Waals surface area contributed by atoms with E-state index in [0.29, 0.717) is 5.56 Å². The van der Waals surface area contributed by atoms with Gasteiger partial charge in [0.25, 0.3) is 0 Å². The summed E-state index contributed by atoms with van der Waals surface area (Å²) in [5.41, 5.74) is 5.90. The number of primary amides is 1. The molecule has 2 N–H and O–H groups in total. The maximum atomic E-state index is 11.4. The number of rotatable bonds is 6. The maximum absolute atomic E-state index is 11.4. The van der Waals surface area contributed by atoms with Gasteiger partial charge in [0, 0.05) is 30.2 Å². The molecule has 1 amide bonds. The second-order valence-electron chi connectivity index (χ2n) is 4.92. The Hall–Kier alpha value is -2.10. The van der Waals surface area contributed by atoms with Gasteiger partial charge in [0.1, 0.15) is 5.82 Å². The van der Waals surface area contributed by atoms with Gasteiger partial charge in [-0.1, -0.05) is 19.9 Å². The number of hydrogen-bond donors (Lipinski definition) is 1. The highest BCUT2D eigenvalue weighted by Crippen LogP contribution is 2.25. The molecule has 4 heteroatoms. The summed E-state index contributed by atoms with van der Waals surface area (Å²) in [6, 6.07) is 7.49. The van der Waals surface area contributed by atoms with Crippen molar-refractivity contribution in [2.45, 2.75) is 26.7 Å². The van der Waals surface area contributed by atoms with Crippen molar-refractivity contribution in [2.24, 2.45) is 5.73 Å². The zero-order valence-corrected chi connectivity index (χ0v) is 12.1. The minimum Gasteiger partial charge on any atom is -0.366 e. The van der Waals surface area contributed by atoms with E-state index in [2.05, 4.69) is 23.7 Å². The van der Waals surface area contributed by atoms with Gasteiger partial charge in [-0.15, -0.1) is 0 Å². The molecule has 2 rings (SSSR count). The number of carbonyl (C=O) groups is 1. The van der Waals surface area contributed by atoms with Crippen LogP contribution >= 0.6 is 0 Å². The van der Waals surface area contributed by atoms with Crippen LogP contribution < -0.4 is 10.6 Å². The van der Waals surface area contributed by atoms with Crippen LogP contribution in [0.15, 0.2) is 30.5 Å². The standard InChI is InChI=1S/C16H21N3O/c1-3-9-19(10-4-2)16-14-11-13(15(17)20)6-5-12(14)7-8-18-16/h5-8,11H,3-4,9-10H2,1-2H3,(H2,17,20). The van der Waals surface area contributed by atoms with Gasteiger partial charge in [0.05, 0.1) is 0 Å². The lowest BCUT2D eigenvalue weighted by molar-refractivity contribution is 0.100. The topological polar surface area (TPSA) is 59.2 Å². The van der Waals surface area contributed by atoms with Crippen LogP contribution in [-0.2, 0) is 0 Å². The smallest absolute Gasteiger partial charge is 0.248 e. The zero-order chi connectivity index (χ0) is 14.5. The van der Waals surface area contributed by atoms with E-state index >= 15 is 0 Å². The first-order chi connectivity index (χ1) is 9.67. The number of anilines is 1. The lowest BCUT2D eigenvalue weighted by atomic mass is 10.1. The molecule has 0 unspecified atom stereocenters. The molecular formula is C16H21N3O. The number of fused-ring (bicyclic) bond motifs is 1. The number of amides is 1. The Bertz CT molecular complexity index is 604. The van der Waals surface area contributed by atoms with Crippen molar-refractivity contribution in [1.29, 1.82) is 0 Å². The zero-order valence-electron chi connectivity index (χ0n) is 12.1. The van der Waals surface area contributed by atoms with E-state index in [1.807, 2.05) is 24.4 Å². The number of nitrogens with zero attached hydrogens (tertiary/aromatic N) is 2. The highest BCUT2D eigenvalue weighted by Gasteiger charge is 2.11. The second kappa shape index (κ2) is 6.37. The van der Waals surface area contributed by atoms with Crippen molar-refractivity contribution in [3.05, 3.63) is 36.0 Å². The summed E-state index contributed by atoms with van der Waals surface area (Å²) in [4.78, 5) is 18.2. The molecule has 0 fully saturated rings. The average Bonchev–Trinajstić information content (AvgIpc) is 2.46. The van der Waals surface area contributed by atoms with Crippen LogP contribution in [0.25, 0.3) is 10.8 Å². The molecule has 0 spiro atoms. The van der Waals surface area contributed by atoms with Crippen molar-refractivity contribution in [3.8, 4) is 0 Å². The van der Waals surface area contributed by atoms with Crippen molar-refractivity contribution < 1.29 is 4.79 Å². The van der Waals surface area contributed by atoms with Gasteiger partial charge in [-0.05, 0) is 36.4 Å². The summed E-state index contributed by atoms with van der Waals surface area (Å²) < 4.78 is 0. The van der Waals surface area contributed by atoms with Gasteiger partial charge in [0.2, 0.25) is 5.91 Å². The molecule has 20 heavy (non-hydrogen) atoms. The van der Waals surface area contributed by atoms with Crippen molar-refractivity contribution in [3.63, 3.8) is 0 Å². The van der Waals surface area contributed by atoms with Crippen molar-refractivity contribution in [1.82, 2.24) is 4.98 Å². The van der Waals surface area contributed by atoms with Gasteiger partial charge in [-0.2, -0.15) is 0 Å². The Morgan fingerprint density at radius 2 is 1.90 bits per heavy atom. The normalized spacial score (nSPS) is 10.7. The molecule has 4 nitrogen and oxygen atoms in total. The molecule has 0 radical (unpaired) electrons. The summed E-state index contributed by atoms with van der Waals surface area (Å²) in [7, 11) is 0. The predicted molar refractivity (Wildman–Crippen MR) is 83.1 cm³/mol. The third-order valence-electron chi connectivity index (χ3n) is 3.32. The summed E-state index contributed by atoms with van der Waals surface area (Å²) in [6.07, 6.45) is 3.95. The quantitative estimate of drug-likeness (QED) is 0.878. The molecule has 0 saturated heterocycles. The molecule has 0 bridgehead atoms. The molecule has 0 aliphatic heterocycles. The van der Waals surface area contributed by atoms with Crippen molar-refractivity contribution >= 4 is 22.5 Å².